The van der Waals surface area contributed by atoms with Crippen LogP contribution in [-0.2, 0) is 6.42 Å². The molecule has 0 bridgehead atoms. The number of aromatic nitrogens is 1. The molecule has 2 nitrogen and oxygen atoms in total. The van der Waals surface area contributed by atoms with Crippen LogP contribution in [0.5, 0.6) is 0 Å². The Morgan fingerprint density at radius 3 is 2.80 bits per heavy atom. The van der Waals surface area contributed by atoms with Gasteiger partial charge in [-0.2, -0.15) is 0 Å². The summed E-state index contributed by atoms with van der Waals surface area (Å²) in [6, 6.07) is 12.4. The van der Waals surface area contributed by atoms with Crippen molar-refractivity contribution in [2.75, 3.05) is 0 Å². The van der Waals surface area contributed by atoms with Crippen molar-refractivity contribution in [2.24, 2.45) is 4.99 Å². The van der Waals surface area contributed by atoms with Crippen molar-refractivity contribution in [3.8, 4) is 0 Å². The fourth-order valence-corrected chi connectivity index (χ4v) is 1.84. The van der Waals surface area contributed by atoms with Gasteiger partial charge in [-0.1, -0.05) is 30.3 Å². The molecule has 0 fully saturated rings. The molecule has 15 heavy (non-hydrogen) atoms. The maximum atomic E-state index is 4.39. The highest BCUT2D eigenvalue weighted by Crippen LogP contribution is 2.23. The normalized spacial score (nSPS) is 12.8. The molecule has 0 radical (unpaired) electrons. The van der Waals surface area contributed by atoms with Gasteiger partial charge in [0.15, 0.2) is 5.82 Å². The molecule has 0 saturated carbocycles. The van der Waals surface area contributed by atoms with Crippen LogP contribution in [0.4, 0.5) is 5.82 Å². The third-order valence-corrected chi connectivity index (χ3v) is 2.63. The van der Waals surface area contributed by atoms with Gasteiger partial charge in [-0.3, -0.25) is 0 Å². The van der Waals surface area contributed by atoms with Crippen molar-refractivity contribution in [3.63, 3.8) is 0 Å². The molecule has 1 aromatic heterocycles. The third-order valence-electron chi connectivity index (χ3n) is 2.63. The second-order valence-electron chi connectivity index (χ2n) is 3.62. The zero-order chi connectivity index (χ0) is 10.1. The Morgan fingerprint density at radius 2 is 1.80 bits per heavy atom. The predicted molar refractivity (Wildman–Crippen MR) is 60.7 cm³/mol. The first-order valence-corrected chi connectivity index (χ1v) is 4.99. The Morgan fingerprint density at radius 1 is 0.933 bits per heavy atom. The van der Waals surface area contributed by atoms with Crippen molar-refractivity contribution >= 4 is 12.0 Å². The van der Waals surface area contributed by atoms with E-state index in [9.17, 15) is 0 Å². The predicted octanol–water partition coefficient (Wildman–Crippen LogP) is 2.74. The minimum atomic E-state index is 0.841. The van der Waals surface area contributed by atoms with Crippen molar-refractivity contribution in [1.82, 2.24) is 4.98 Å². The highest BCUT2D eigenvalue weighted by Gasteiger charge is 2.09. The molecule has 1 aromatic carbocycles. The second kappa shape index (κ2) is 3.31. The van der Waals surface area contributed by atoms with Gasteiger partial charge >= 0.3 is 0 Å². The number of aliphatic imine (C=N–C) groups is 1. The average molecular weight is 194 g/mol. The van der Waals surface area contributed by atoms with Crippen LogP contribution in [0, 0.1) is 0 Å². The van der Waals surface area contributed by atoms with Crippen LogP contribution in [0.25, 0.3) is 0 Å². The van der Waals surface area contributed by atoms with Crippen molar-refractivity contribution in [3.05, 3.63) is 59.3 Å². The molecule has 1 aliphatic rings. The first kappa shape index (κ1) is 8.36. The molecular formula is C13H10N2. The fraction of sp³-hybridized carbons (Fsp3) is 0.0769. The van der Waals surface area contributed by atoms with E-state index in [-0.39, 0.29) is 0 Å². The van der Waals surface area contributed by atoms with Gasteiger partial charge in [-0.15, -0.1) is 0 Å². The molecule has 0 saturated heterocycles. The number of hydrogen-bond acceptors (Lipinski definition) is 2. The summed E-state index contributed by atoms with van der Waals surface area (Å²) in [5.74, 6) is 0.841. The number of fused-ring (bicyclic) bond motifs is 2. The van der Waals surface area contributed by atoms with Gasteiger partial charge in [-0.25, -0.2) is 9.98 Å². The highest BCUT2D eigenvalue weighted by atomic mass is 14.9. The number of hydrogen-bond donors (Lipinski definition) is 0. The molecule has 72 valence electrons. The summed E-state index contributed by atoms with van der Waals surface area (Å²) in [6.45, 7) is 0. The molecule has 3 rings (SSSR count). The smallest absolute Gasteiger partial charge is 0.155 e. The Labute approximate surface area is 88.3 Å². The number of nitrogens with zero attached hydrogens (tertiary/aromatic N) is 2. The summed E-state index contributed by atoms with van der Waals surface area (Å²) in [6.07, 6.45) is 4.60. The van der Waals surface area contributed by atoms with E-state index < -0.39 is 0 Å². The van der Waals surface area contributed by atoms with Gasteiger partial charge in [0.1, 0.15) is 0 Å². The zero-order valence-corrected chi connectivity index (χ0v) is 8.22. The minimum Gasteiger partial charge on any atom is -0.237 e. The lowest BCUT2D eigenvalue weighted by molar-refractivity contribution is 1.14. The van der Waals surface area contributed by atoms with Gasteiger partial charge in [0.05, 0.1) is 0 Å². The van der Waals surface area contributed by atoms with Crippen LogP contribution in [0.15, 0.2) is 47.6 Å². The van der Waals surface area contributed by atoms with E-state index in [1.165, 1.54) is 16.7 Å². The quantitative estimate of drug-likeness (QED) is 0.540. The lowest BCUT2D eigenvalue weighted by atomic mass is 10.0. The van der Waals surface area contributed by atoms with Gasteiger partial charge in [-0.05, 0) is 17.2 Å². The van der Waals surface area contributed by atoms with Crippen LogP contribution in [0.1, 0.15) is 16.7 Å². The van der Waals surface area contributed by atoms with Crippen molar-refractivity contribution in [1.29, 1.82) is 0 Å². The van der Waals surface area contributed by atoms with Crippen LogP contribution in [0.3, 0.4) is 0 Å². The summed E-state index contributed by atoms with van der Waals surface area (Å²) in [7, 11) is 0. The average Bonchev–Trinajstić information content (AvgIpc) is 2.48. The Hall–Kier alpha value is -1.96. The Kier molecular flexibility index (Phi) is 1.85. The van der Waals surface area contributed by atoms with E-state index in [0.29, 0.717) is 0 Å². The molecule has 0 unspecified atom stereocenters. The fourth-order valence-electron chi connectivity index (χ4n) is 1.84. The SMILES string of the molecule is C1=Nc2ncccc2Cc2ccccc21. The van der Waals surface area contributed by atoms with Crippen molar-refractivity contribution in [2.45, 2.75) is 6.42 Å². The molecule has 2 aromatic rings. The molecule has 1 aliphatic heterocycles. The molecule has 0 aliphatic carbocycles. The molecule has 2 heteroatoms. The summed E-state index contributed by atoms with van der Waals surface area (Å²) >= 11 is 0. The Balaban J connectivity index is 2.19. The first-order chi connectivity index (χ1) is 7.43. The molecule has 0 amide bonds. The monoisotopic (exact) mass is 194 g/mol. The molecule has 2 heterocycles. The largest absolute Gasteiger partial charge is 0.237 e. The van der Waals surface area contributed by atoms with E-state index in [2.05, 4.69) is 34.2 Å². The lowest BCUT2D eigenvalue weighted by Crippen LogP contribution is -1.91. The maximum Gasteiger partial charge on any atom is 0.155 e. The van der Waals surface area contributed by atoms with Gasteiger partial charge in [0.2, 0.25) is 0 Å². The van der Waals surface area contributed by atoms with E-state index in [1.54, 1.807) is 6.20 Å². The molecule has 0 atom stereocenters. The second-order valence-corrected chi connectivity index (χ2v) is 3.62. The van der Waals surface area contributed by atoms with Crippen LogP contribution in [-0.4, -0.2) is 11.2 Å². The molecule has 0 spiro atoms. The standard InChI is InChI=1S/C13H10N2/c1-2-5-12-9-15-13-11(6-3-7-14-13)8-10(12)4-1/h1-7,9H,8H2. The summed E-state index contributed by atoms with van der Waals surface area (Å²) in [5, 5.41) is 0. The van der Waals surface area contributed by atoms with Crippen LogP contribution in [0.2, 0.25) is 0 Å². The van der Waals surface area contributed by atoms with Gasteiger partial charge in [0.25, 0.3) is 0 Å². The Bertz CT molecular complexity index is 482. The van der Waals surface area contributed by atoms with Crippen LogP contribution < -0.4 is 0 Å². The zero-order valence-electron chi connectivity index (χ0n) is 8.22. The minimum absolute atomic E-state index is 0.841. The number of rotatable bonds is 0. The highest BCUT2D eigenvalue weighted by molar-refractivity contribution is 5.85. The van der Waals surface area contributed by atoms with Crippen LogP contribution >= 0.6 is 0 Å². The summed E-state index contributed by atoms with van der Waals surface area (Å²) in [5.41, 5.74) is 3.70. The van der Waals surface area contributed by atoms with Crippen molar-refractivity contribution < 1.29 is 0 Å². The van der Waals surface area contributed by atoms with E-state index in [1.807, 2.05) is 18.3 Å². The third kappa shape index (κ3) is 1.44. The maximum absolute atomic E-state index is 4.39. The molecule has 0 N–H and O–H groups in total. The number of pyridine rings is 1. The topological polar surface area (TPSA) is 25.2 Å². The molecular weight excluding hydrogens is 184 g/mol. The van der Waals surface area contributed by atoms with E-state index in [0.717, 1.165) is 12.2 Å². The van der Waals surface area contributed by atoms with E-state index in [4.69, 9.17) is 0 Å². The summed E-state index contributed by atoms with van der Waals surface area (Å²) in [4.78, 5) is 8.66. The van der Waals surface area contributed by atoms with Gasteiger partial charge in [0, 0.05) is 24.4 Å². The number of benzene rings is 1. The first-order valence-electron chi connectivity index (χ1n) is 4.99. The summed E-state index contributed by atoms with van der Waals surface area (Å²) < 4.78 is 0. The van der Waals surface area contributed by atoms with Gasteiger partial charge < -0.3 is 0 Å². The lowest BCUT2D eigenvalue weighted by Gasteiger charge is -2.03. The van der Waals surface area contributed by atoms with E-state index >= 15 is 0 Å².